The molecule has 0 radical (unpaired) electrons. The molecule has 4 nitrogen and oxygen atoms in total. The van der Waals surface area contributed by atoms with Crippen LogP contribution >= 0.6 is 0 Å². The van der Waals surface area contributed by atoms with Crippen LogP contribution in [0, 0.1) is 0 Å². The smallest absolute Gasteiger partial charge is 0.250 e. The summed E-state index contributed by atoms with van der Waals surface area (Å²) in [7, 11) is 3.74. The number of hydrogen-bond donors (Lipinski definition) is 1. The average Bonchev–Trinajstić information content (AvgIpc) is 2.66. The molecule has 0 bridgehead atoms. The first-order valence-electron chi connectivity index (χ1n) is 5.16. The zero-order valence-corrected chi connectivity index (χ0v) is 9.47. The number of rotatable bonds is 3. The van der Waals surface area contributed by atoms with Gasteiger partial charge in [-0.3, -0.25) is 4.79 Å². The quantitative estimate of drug-likeness (QED) is 0.842. The van der Waals surface area contributed by atoms with Crippen molar-refractivity contribution in [2.75, 3.05) is 5.32 Å². The molecule has 0 amide bonds. The lowest BCUT2D eigenvalue weighted by atomic mass is 10.3. The van der Waals surface area contributed by atoms with Crippen molar-refractivity contribution in [3.63, 3.8) is 0 Å². The van der Waals surface area contributed by atoms with E-state index in [1.807, 2.05) is 17.8 Å². The second-order valence-electron chi connectivity index (χ2n) is 3.91. The number of nitrogens with one attached hydrogen (secondary N) is 1. The fourth-order valence-electron chi connectivity index (χ4n) is 1.57. The molecule has 4 heteroatoms. The van der Waals surface area contributed by atoms with Crippen LogP contribution < -0.4 is 10.9 Å². The lowest BCUT2D eigenvalue weighted by Crippen LogP contribution is -2.15. The summed E-state index contributed by atoms with van der Waals surface area (Å²) >= 11 is 0. The topological polar surface area (TPSA) is 39.0 Å². The Bertz CT molecular complexity index is 539. The fraction of sp³-hybridized carbons (Fsp3) is 0.250. The van der Waals surface area contributed by atoms with E-state index < -0.39 is 0 Å². The van der Waals surface area contributed by atoms with Gasteiger partial charge in [0.25, 0.3) is 0 Å². The molecule has 0 aliphatic heterocycles. The lowest BCUT2D eigenvalue weighted by molar-refractivity contribution is 0.859. The van der Waals surface area contributed by atoms with Gasteiger partial charge in [-0.15, -0.1) is 0 Å². The summed E-state index contributed by atoms with van der Waals surface area (Å²) in [4.78, 5) is 11.2. The average molecular weight is 217 g/mol. The first-order valence-corrected chi connectivity index (χ1v) is 5.16. The highest BCUT2D eigenvalue weighted by Gasteiger charge is 1.97. The molecule has 2 aromatic rings. The Kier molecular flexibility index (Phi) is 2.81. The Morgan fingerprint density at radius 3 is 2.62 bits per heavy atom. The van der Waals surface area contributed by atoms with E-state index in [4.69, 9.17) is 0 Å². The van der Waals surface area contributed by atoms with E-state index in [1.54, 1.807) is 29.9 Å². The van der Waals surface area contributed by atoms with Gasteiger partial charge in [0.05, 0.1) is 5.69 Å². The van der Waals surface area contributed by atoms with E-state index in [0.717, 1.165) is 12.2 Å². The van der Waals surface area contributed by atoms with Gasteiger partial charge >= 0.3 is 0 Å². The Balaban J connectivity index is 2.05. The normalized spacial score (nSPS) is 10.4. The van der Waals surface area contributed by atoms with Gasteiger partial charge in [-0.05, 0) is 17.7 Å². The molecule has 0 fully saturated rings. The Hall–Kier alpha value is -1.97. The van der Waals surface area contributed by atoms with Gasteiger partial charge in [-0.2, -0.15) is 0 Å². The fourth-order valence-corrected chi connectivity index (χ4v) is 1.57. The zero-order valence-electron chi connectivity index (χ0n) is 9.47. The summed E-state index contributed by atoms with van der Waals surface area (Å²) in [6.45, 7) is 0.763. The maximum absolute atomic E-state index is 11.2. The van der Waals surface area contributed by atoms with Crippen LogP contribution in [0.15, 0.2) is 41.6 Å². The number of anilines is 1. The lowest BCUT2D eigenvalue weighted by Gasteiger charge is -2.06. The van der Waals surface area contributed by atoms with Crippen LogP contribution in [-0.4, -0.2) is 9.13 Å². The molecule has 0 atom stereocenters. The summed E-state index contributed by atoms with van der Waals surface area (Å²) in [5.74, 6) is 0. The van der Waals surface area contributed by atoms with E-state index in [2.05, 4.69) is 17.6 Å². The number of aromatic nitrogens is 2. The van der Waals surface area contributed by atoms with Crippen molar-refractivity contribution in [2.45, 2.75) is 6.54 Å². The van der Waals surface area contributed by atoms with E-state index >= 15 is 0 Å². The van der Waals surface area contributed by atoms with Crippen molar-refractivity contribution in [1.82, 2.24) is 9.13 Å². The highest BCUT2D eigenvalue weighted by atomic mass is 16.1. The predicted octanol–water partition coefficient (Wildman–Crippen LogP) is 1.34. The van der Waals surface area contributed by atoms with E-state index in [0.29, 0.717) is 0 Å². The van der Waals surface area contributed by atoms with Crippen molar-refractivity contribution in [1.29, 1.82) is 0 Å². The van der Waals surface area contributed by atoms with Crippen LogP contribution in [0.4, 0.5) is 5.69 Å². The molecule has 0 spiro atoms. The van der Waals surface area contributed by atoms with Crippen molar-refractivity contribution >= 4 is 5.69 Å². The van der Waals surface area contributed by atoms with Crippen molar-refractivity contribution in [3.05, 3.63) is 52.7 Å². The number of nitrogens with zero attached hydrogens (tertiary/aromatic N) is 2. The van der Waals surface area contributed by atoms with Gasteiger partial charge in [0.2, 0.25) is 5.56 Å². The Morgan fingerprint density at radius 1 is 1.19 bits per heavy atom. The van der Waals surface area contributed by atoms with E-state index in [1.165, 1.54) is 5.56 Å². The molecule has 2 heterocycles. The van der Waals surface area contributed by atoms with Crippen LogP contribution in [-0.2, 0) is 20.6 Å². The Morgan fingerprint density at radius 2 is 2.00 bits per heavy atom. The molecule has 0 saturated carbocycles. The van der Waals surface area contributed by atoms with E-state index in [9.17, 15) is 4.79 Å². The molecule has 0 unspecified atom stereocenters. The maximum Gasteiger partial charge on any atom is 0.250 e. The zero-order chi connectivity index (χ0) is 11.5. The SMILES string of the molecule is Cn1ccc(CNc2ccc(=O)n(C)c2)c1. The molecular formula is C12H15N3O. The molecule has 2 aromatic heterocycles. The van der Waals surface area contributed by atoms with Crippen molar-refractivity contribution < 1.29 is 0 Å². The van der Waals surface area contributed by atoms with Gasteiger partial charge in [0.15, 0.2) is 0 Å². The summed E-state index contributed by atoms with van der Waals surface area (Å²) in [6, 6.07) is 5.42. The summed E-state index contributed by atoms with van der Waals surface area (Å²) in [5.41, 5.74) is 2.17. The third-order valence-corrected chi connectivity index (χ3v) is 2.48. The van der Waals surface area contributed by atoms with E-state index in [-0.39, 0.29) is 5.56 Å². The molecule has 16 heavy (non-hydrogen) atoms. The predicted molar refractivity (Wildman–Crippen MR) is 64.4 cm³/mol. The van der Waals surface area contributed by atoms with Crippen LogP contribution in [0.5, 0.6) is 0 Å². The number of pyridine rings is 1. The monoisotopic (exact) mass is 217 g/mol. The van der Waals surface area contributed by atoms with Crippen LogP contribution in [0.2, 0.25) is 0 Å². The molecule has 0 aliphatic carbocycles. The largest absolute Gasteiger partial charge is 0.380 e. The minimum Gasteiger partial charge on any atom is -0.380 e. The third kappa shape index (κ3) is 2.34. The third-order valence-electron chi connectivity index (χ3n) is 2.48. The molecule has 84 valence electrons. The molecule has 0 aromatic carbocycles. The van der Waals surface area contributed by atoms with Crippen LogP contribution in [0.1, 0.15) is 5.56 Å². The highest BCUT2D eigenvalue weighted by Crippen LogP contribution is 2.06. The van der Waals surface area contributed by atoms with Gasteiger partial charge in [-0.25, -0.2) is 0 Å². The van der Waals surface area contributed by atoms with Gasteiger partial charge < -0.3 is 14.5 Å². The number of hydrogen-bond acceptors (Lipinski definition) is 2. The Labute approximate surface area is 94.1 Å². The van der Waals surface area contributed by atoms with Gasteiger partial charge in [0.1, 0.15) is 0 Å². The standard InChI is InChI=1S/C12H15N3O/c1-14-6-5-10(8-14)7-13-11-3-4-12(16)15(2)9-11/h3-6,8-9,13H,7H2,1-2H3. The summed E-state index contributed by atoms with van der Waals surface area (Å²) < 4.78 is 3.57. The first-order chi connectivity index (χ1) is 7.65. The van der Waals surface area contributed by atoms with Gasteiger partial charge in [0, 0.05) is 45.3 Å². The highest BCUT2D eigenvalue weighted by molar-refractivity contribution is 5.40. The summed E-state index contributed by atoms with van der Waals surface area (Å²) in [6.07, 6.45) is 5.87. The maximum atomic E-state index is 11.2. The molecular weight excluding hydrogens is 202 g/mol. The van der Waals surface area contributed by atoms with Crippen molar-refractivity contribution in [3.8, 4) is 0 Å². The van der Waals surface area contributed by atoms with Gasteiger partial charge in [-0.1, -0.05) is 0 Å². The second kappa shape index (κ2) is 4.26. The van der Waals surface area contributed by atoms with Crippen LogP contribution in [0.3, 0.4) is 0 Å². The molecule has 0 saturated heterocycles. The first kappa shape index (κ1) is 10.5. The van der Waals surface area contributed by atoms with Crippen LogP contribution in [0.25, 0.3) is 0 Å². The summed E-state index contributed by atoms with van der Waals surface area (Å²) in [5, 5.41) is 3.27. The molecule has 1 N–H and O–H groups in total. The molecule has 0 aliphatic rings. The van der Waals surface area contributed by atoms with Crippen molar-refractivity contribution in [2.24, 2.45) is 14.1 Å². The minimum atomic E-state index is 0.00487. The number of aryl methyl sites for hydroxylation is 2. The minimum absolute atomic E-state index is 0.00487. The molecule has 2 rings (SSSR count). The second-order valence-corrected chi connectivity index (χ2v) is 3.91.